The minimum atomic E-state index is -0.102. The normalized spacial score (nSPS) is 27.0. The molecule has 6 nitrogen and oxygen atoms in total. The van der Waals surface area contributed by atoms with Crippen LogP contribution in [-0.2, 0) is 4.79 Å². The molecule has 2 bridgehead atoms. The van der Waals surface area contributed by atoms with Gasteiger partial charge in [0.15, 0.2) is 0 Å². The van der Waals surface area contributed by atoms with Crippen molar-refractivity contribution in [3.05, 3.63) is 29.8 Å². The lowest BCUT2D eigenvalue weighted by Gasteiger charge is -2.35. The smallest absolute Gasteiger partial charge is 0.321 e. The first-order valence-corrected chi connectivity index (χ1v) is 10.3. The summed E-state index contributed by atoms with van der Waals surface area (Å²) in [7, 11) is 0. The summed E-state index contributed by atoms with van der Waals surface area (Å²) in [5.74, 6) is 0.163. The van der Waals surface area contributed by atoms with E-state index in [2.05, 4.69) is 10.6 Å². The third-order valence-electron chi connectivity index (χ3n) is 6.16. The largest absolute Gasteiger partial charge is 0.341 e. The fourth-order valence-corrected chi connectivity index (χ4v) is 4.69. The molecule has 3 aliphatic heterocycles. The zero-order chi connectivity index (χ0) is 18.8. The maximum atomic E-state index is 13.1. The molecule has 3 unspecified atom stereocenters. The molecule has 2 N–H and O–H groups in total. The Balaban J connectivity index is 0.00000225. The average molecular weight is 407 g/mol. The monoisotopic (exact) mass is 406 g/mol. The van der Waals surface area contributed by atoms with Gasteiger partial charge in [-0.25, -0.2) is 4.79 Å². The van der Waals surface area contributed by atoms with Crippen molar-refractivity contribution < 1.29 is 9.59 Å². The van der Waals surface area contributed by atoms with Crippen LogP contribution in [0.25, 0.3) is 0 Å². The number of hydrogen-bond acceptors (Lipinski definition) is 3. The van der Waals surface area contributed by atoms with Crippen LogP contribution >= 0.6 is 12.4 Å². The zero-order valence-corrected chi connectivity index (χ0v) is 17.3. The van der Waals surface area contributed by atoms with Crippen LogP contribution < -0.4 is 10.6 Å². The number of fused-ring (bicyclic) bond motifs is 2. The number of benzene rings is 1. The van der Waals surface area contributed by atoms with Gasteiger partial charge in [-0.2, -0.15) is 0 Å². The number of aryl methyl sites for hydroxylation is 1. The minimum absolute atomic E-state index is 0. The van der Waals surface area contributed by atoms with Gasteiger partial charge in [0.1, 0.15) is 0 Å². The number of nitrogens with zero attached hydrogens (tertiary/aromatic N) is 2. The molecular weight excluding hydrogens is 376 g/mol. The summed E-state index contributed by atoms with van der Waals surface area (Å²) in [5.41, 5.74) is 1.92. The Hall–Kier alpha value is -1.79. The van der Waals surface area contributed by atoms with E-state index in [0.717, 1.165) is 43.6 Å². The number of rotatable bonds is 2. The first-order valence-electron chi connectivity index (χ1n) is 10.3. The average Bonchev–Trinajstić information content (AvgIpc) is 3.00. The summed E-state index contributed by atoms with van der Waals surface area (Å²) in [6.45, 7) is 4.91. The predicted molar refractivity (Wildman–Crippen MR) is 113 cm³/mol. The highest BCUT2D eigenvalue weighted by molar-refractivity contribution is 5.90. The molecule has 0 aromatic heterocycles. The Morgan fingerprint density at radius 1 is 1.04 bits per heavy atom. The van der Waals surface area contributed by atoms with Gasteiger partial charge in [-0.3, -0.25) is 4.79 Å². The van der Waals surface area contributed by atoms with Crippen LogP contribution in [0.4, 0.5) is 10.5 Å². The molecule has 7 heteroatoms. The van der Waals surface area contributed by atoms with E-state index in [1.165, 1.54) is 12.8 Å². The number of piperidine rings is 1. The number of likely N-dealkylation sites (tertiary alicyclic amines) is 2. The number of carbonyl (C=O) groups excluding carboxylic acids is 2. The van der Waals surface area contributed by atoms with Crippen molar-refractivity contribution in [3.8, 4) is 0 Å². The number of nitrogens with one attached hydrogen (secondary N) is 2. The lowest BCUT2D eigenvalue weighted by atomic mass is 9.96. The molecule has 1 aromatic carbocycles. The molecule has 1 aromatic rings. The standard InChI is InChI=1S/C21H30N4O2.ClH/c1-15-4-2-6-18(12-15)23-21(27)25-10-3-5-16(13-25)20(26)24-11-9-17-7-8-19(14-24)22-17;/h2,4,6,12,16-17,19,22H,3,5,7-11,13-14H2,1H3,(H,23,27);1H. The highest BCUT2D eigenvalue weighted by Crippen LogP contribution is 2.25. The summed E-state index contributed by atoms with van der Waals surface area (Å²) in [4.78, 5) is 29.6. The van der Waals surface area contributed by atoms with Gasteiger partial charge < -0.3 is 20.4 Å². The maximum absolute atomic E-state index is 13.1. The fourth-order valence-electron chi connectivity index (χ4n) is 4.69. The molecule has 28 heavy (non-hydrogen) atoms. The summed E-state index contributed by atoms with van der Waals surface area (Å²) in [6, 6.07) is 8.74. The van der Waals surface area contributed by atoms with E-state index < -0.39 is 0 Å². The Morgan fingerprint density at radius 3 is 2.68 bits per heavy atom. The third kappa shape index (κ3) is 4.78. The molecule has 3 amide bonds. The van der Waals surface area contributed by atoms with Crippen molar-refractivity contribution in [2.45, 2.75) is 51.1 Å². The van der Waals surface area contributed by atoms with Crippen LogP contribution in [0.15, 0.2) is 24.3 Å². The summed E-state index contributed by atoms with van der Waals surface area (Å²) in [5, 5.41) is 6.61. The van der Waals surface area contributed by atoms with Crippen molar-refractivity contribution in [2.75, 3.05) is 31.5 Å². The minimum Gasteiger partial charge on any atom is -0.341 e. The van der Waals surface area contributed by atoms with E-state index in [0.29, 0.717) is 25.2 Å². The van der Waals surface area contributed by atoms with Crippen molar-refractivity contribution in [3.63, 3.8) is 0 Å². The molecule has 154 valence electrons. The lowest BCUT2D eigenvalue weighted by Crippen LogP contribution is -2.49. The van der Waals surface area contributed by atoms with Gasteiger partial charge >= 0.3 is 6.03 Å². The molecule has 0 spiro atoms. The topological polar surface area (TPSA) is 64.7 Å². The molecule has 3 aliphatic rings. The molecule has 4 rings (SSSR count). The predicted octanol–water partition coefficient (Wildman–Crippen LogP) is 3.01. The number of hydrogen-bond donors (Lipinski definition) is 2. The van der Waals surface area contributed by atoms with Gasteiger partial charge in [-0.15, -0.1) is 12.4 Å². The second kappa shape index (κ2) is 9.14. The van der Waals surface area contributed by atoms with Crippen molar-refractivity contribution in [1.82, 2.24) is 15.1 Å². The molecule has 3 saturated heterocycles. The highest BCUT2D eigenvalue weighted by atomic mass is 35.5. The highest BCUT2D eigenvalue weighted by Gasteiger charge is 2.35. The van der Waals surface area contributed by atoms with E-state index >= 15 is 0 Å². The van der Waals surface area contributed by atoms with Gasteiger partial charge in [0.05, 0.1) is 5.92 Å². The van der Waals surface area contributed by atoms with E-state index in [-0.39, 0.29) is 30.3 Å². The summed E-state index contributed by atoms with van der Waals surface area (Å²) >= 11 is 0. The molecule has 3 fully saturated rings. The number of halogens is 1. The van der Waals surface area contributed by atoms with Gasteiger partial charge in [0.2, 0.25) is 5.91 Å². The molecule has 0 radical (unpaired) electrons. The second-order valence-corrected chi connectivity index (χ2v) is 8.30. The number of carbonyl (C=O) groups is 2. The van der Waals surface area contributed by atoms with Gasteiger partial charge in [0, 0.05) is 44.0 Å². The molecular formula is C21H31ClN4O2. The van der Waals surface area contributed by atoms with Crippen LogP contribution in [0.1, 0.15) is 37.7 Å². The Bertz CT molecular complexity index is 713. The maximum Gasteiger partial charge on any atom is 0.321 e. The molecule has 3 atom stereocenters. The van der Waals surface area contributed by atoms with Gasteiger partial charge in [0.25, 0.3) is 0 Å². The Labute approximate surface area is 173 Å². The van der Waals surface area contributed by atoms with Crippen LogP contribution in [0, 0.1) is 12.8 Å². The van der Waals surface area contributed by atoms with E-state index in [4.69, 9.17) is 0 Å². The Morgan fingerprint density at radius 2 is 1.86 bits per heavy atom. The molecule has 0 saturated carbocycles. The fraction of sp³-hybridized carbons (Fsp3) is 0.619. The van der Waals surface area contributed by atoms with Crippen LogP contribution in [0.5, 0.6) is 0 Å². The number of urea groups is 1. The van der Waals surface area contributed by atoms with E-state index in [9.17, 15) is 9.59 Å². The van der Waals surface area contributed by atoms with E-state index in [1.807, 2.05) is 36.1 Å². The number of amides is 3. The SMILES string of the molecule is Cc1cccc(NC(=O)N2CCCC(C(=O)N3CCC4CCC(C3)N4)C2)c1.Cl. The first-order chi connectivity index (χ1) is 13.1. The van der Waals surface area contributed by atoms with Gasteiger partial charge in [-0.05, 0) is 56.7 Å². The van der Waals surface area contributed by atoms with Crippen LogP contribution in [-0.4, -0.2) is 60.0 Å². The van der Waals surface area contributed by atoms with Gasteiger partial charge in [-0.1, -0.05) is 12.1 Å². The third-order valence-corrected chi connectivity index (χ3v) is 6.16. The quantitative estimate of drug-likeness (QED) is 0.793. The second-order valence-electron chi connectivity index (χ2n) is 8.30. The molecule has 0 aliphatic carbocycles. The zero-order valence-electron chi connectivity index (χ0n) is 16.5. The molecule has 3 heterocycles. The Kier molecular flexibility index (Phi) is 6.83. The van der Waals surface area contributed by atoms with E-state index in [1.54, 1.807) is 4.90 Å². The summed E-state index contributed by atoms with van der Waals surface area (Å²) < 4.78 is 0. The van der Waals surface area contributed by atoms with Crippen molar-refractivity contribution >= 4 is 30.0 Å². The lowest BCUT2D eigenvalue weighted by molar-refractivity contribution is -0.137. The summed E-state index contributed by atoms with van der Waals surface area (Å²) in [6.07, 6.45) is 5.22. The van der Waals surface area contributed by atoms with Crippen LogP contribution in [0.3, 0.4) is 0 Å². The number of anilines is 1. The van der Waals surface area contributed by atoms with Crippen LogP contribution in [0.2, 0.25) is 0 Å². The first kappa shape index (κ1) is 20.9. The van der Waals surface area contributed by atoms with Crippen molar-refractivity contribution in [2.24, 2.45) is 5.92 Å². The van der Waals surface area contributed by atoms with Crippen molar-refractivity contribution in [1.29, 1.82) is 0 Å².